The summed E-state index contributed by atoms with van der Waals surface area (Å²) in [7, 11) is -3.91. The number of hydrogen-bond acceptors (Lipinski definition) is 6. The molecule has 0 fully saturated rings. The second-order valence-electron chi connectivity index (χ2n) is 7.61. The fourth-order valence-corrected chi connectivity index (χ4v) is 4.08. The zero-order chi connectivity index (χ0) is 25.4. The minimum atomic E-state index is -3.91. The van der Waals surface area contributed by atoms with Gasteiger partial charge < -0.3 is 9.47 Å². The molecule has 0 spiro atoms. The first-order chi connectivity index (χ1) is 16.7. The first-order valence-corrected chi connectivity index (χ1v) is 12.4. The normalized spacial score (nSPS) is 11.7. The summed E-state index contributed by atoms with van der Waals surface area (Å²) < 4.78 is 38.8. The maximum Gasteiger partial charge on any atom is 0.279 e. The molecule has 0 saturated carbocycles. The van der Waals surface area contributed by atoms with Crippen LogP contribution in [0.15, 0.2) is 77.7 Å². The van der Waals surface area contributed by atoms with Crippen molar-refractivity contribution >= 4 is 27.5 Å². The van der Waals surface area contributed by atoms with Crippen LogP contribution in [0.2, 0.25) is 0 Å². The molecule has 2 amide bonds. The molecule has 0 aliphatic heterocycles. The number of rotatable bonds is 9. The average Bonchev–Trinajstić information content (AvgIpc) is 2.85. The van der Waals surface area contributed by atoms with Crippen molar-refractivity contribution in [1.82, 2.24) is 10.9 Å². The zero-order valence-corrected chi connectivity index (χ0v) is 20.4. The Kier molecular flexibility index (Phi) is 8.32. The maximum atomic E-state index is 12.7. The molecule has 1 atom stereocenters. The number of hydrazine groups is 1. The molecule has 0 bridgehead atoms. The molecular weight excluding hydrogens is 470 g/mol. The standard InChI is InChI=1S/C25H27N3O6S/c1-4-33-21-12-14-22(15-13-21)34-18(3)24(29)26-27-25(30)19-6-5-7-23(16-19)35(31,32)28-20-10-8-17(2)9-11-20/h5-16,18,28H,4H2,1-3H3,(H,26,29)(H,27,30). The van der Waals surface area contributed by atoms with Crippen LogP contribution in [0, 0.1) is 6.92 Å². The lowest BCUT2D eigenvalue weighted by molar-refractivity contribution is -0.128. The number of carbonyl (C=O) groups excluding carboxylic acids is 2. The summed E-state index contributed by atoms with van der Waals surface area (Å²) >= 11 is 0. The summed E-state index contributed by atoms with van der Waals surface area (Å²) in [6.07, 6.45) is -0.904. The summed E-state index contributed by atoms with van der Waals surface area (Å²) in [6, 6.07) is 19.1. The maximum absolute atomic E-state index is 12.7. The minimum absolute atomic E-state index is 0.0529. The fourth-order valence-electron chi connectivity index (χ4n) is 2.97. The topological polar surface area (TPSA) is 123 Å². The number of nitrogens with one attached hydrogen (secondary N) is 3. The third-order valence-corrected chi connectivity index (χ3v) is 6.21. The van der Waals surface area contributed by atoms with Gasteiger partial charge in [-0.05, 0) is 75.4 Å². The van der Waals surface area contributed by atoms with Crippen LogP contribution in [0.1, 0.15) is 29.8 Å². The summed E-state index contributed by atoms with van der Waals surface area (Å²) in [5.41, 5.74) is 6.00. The van der Waals surface area contributed by atoms with Crippen LogP contribution in [0.5, 0.6) is 11.5 Å². The first-order valence-electron chi connectivity index (χ1n) is 10.9. The van der Waals surface area contributed by atoms with Gasteiger partial charge in [0.05, 0.1) is 11.5 Å². The smallest absolute Gasteiger partial charge is 0.279 e. The van der Waals surface area contributed by atoms with Crippen molar-refractivity contribution in [3.63, 3.8) is 0 Å². The van der Waals surface area contributed by atoms with Crippen LogP contribution in [-0.2, 0) is 14.8 Å². The number of amides is 2. The molecule has 1 unspecified atom stereocenters. The second kappa shape index (κ2) is 11.4. The lowest BCUT2D eigenvalue weighted by Crippen LogP contribution is -2.47. The van der Waals surface area contributed by atoms with E-state index in [9.17, 15) is 18.0 Å². The Morgan fingerprint density at radius 2 is 1.57 bits per heavy atom. The van der Waals surface area contributed by atoms with Crippen LogP contribution in [0.4, 0.5) is 5.69 Å². The van der Waals surface area contributed by atoms with E-state index in [2.05, 4.69) is 15.6 Å². The monoisotopic (exact) mass is 497 g/mol. The Hall–Kier alpha value is -4.05. The van der Waals surface area contributed by atoms with Gasteiger partial charge >= 0.3 is 0 Å². The van der Waals surface area contributed by atoms with Gasteiger partial charge in [0, 0.05) is 11.3 Å². The molecule has 3 N–H and O–H groups in total. The van der Waals surface area contributed by atoms with Crippen LogP contribution in [0.3, 0.4) is 0 Å². The SMILES string of the molecule is CCOc1ccc(OC(C)C(=O)NNC(=O)c2cccc(S(=O)(=O)Nc3ccc(C)cc3)c2)cc1. The molecule has 184 valence electrons. The molecule has 3 rings (SSSR count). The van der Waals surface area contributed by atoms with E-state index in [0.717, 1.165) is 5.56 Å². The highest BCUT2D eigenvalue weighted by molar-refractivity contribution is 7.92. The number of hydrogen-bond donors (Lipinski definition) is 3. The van der Waals surface area contributed by atoms with Crippen LogP contribution in [0.25, 0.3) is 0 Å². The van der Waals surface area contributed by atoms with E-state index in [1.165, 1.54) is 31.2 Å². The molecule has 35 heavy (non-hydrogen) atoms. The van der Waals surface area contributed by atoms with Crippen LogP contribution < -0.4 is 25.0 Å². The van der Waals surface area contributed by atoms with E-state index in [1.807, 2.05) is 13.8 Å². The molecule has 0 aliphatic carbocycles. The first kappa shape index (κ1) is 25.6. The van der Waals surface area contributed by atoms with E-state index >= 15 is 0 Å². The highest BCUT2D eigenvalue weighted by Crippen LogP contribution is 2.19. The molecule has 0 heterocycles. The van der Waals surface area contributed by atoms with Crippen molar-refractivity contribution in [3.05, 3.63) is 83.9 Å². The number of benzene rings is 3. The lowest BCUT2D eigenvalue weighted by Gasteiger charge is -2.15. The van der Waals surface area contributed by atoms with Crippen molar-refractivity contribution in [2.24, 2.45) is 0 Å². The third-order valence-electron chi connectivity index (χ3n) is 4.83. The summed E-state index contributed by atoms with van der Waals surface area (Å²) in [5, 5.41) is 0. The average molecular weight is 498 g/mol. The van der Waals surface area contributed by atoms with Gasteiger partial charge in [0.15, 0.2) is 6.10 Å². The summed E-state index contributed by atoms with van der Waals surface area (Å²) in [6.45, 7) is 5.84. The Bertz CT molecular complexity index is 1280. The van der Waals surface area contributed by atoms with Gasteiger partial charge in [-0.1, -0.05) is 23.8 Å². The molecule has 0 saturated heterocycles. The highest BCUT2D eigenvalue weighted by Gasteiger charge is 2.19. The fraction of sp³-hybridized carbons (Fsp3) is 0.200. The number of anilines is 1. The number of carbonyl (C=O) groups is 2. The second-order valence-corrected chi connectivity index (χ2v) is 9.29. The Balaban J connectivity index is 1.58. The molecule has 0 aliphatic rings. The van der Waals surface area contributed by atoms with Crippen LogP contribution >= 0.6 is 0 Å². The van der Waals surface area contributed by atoms with Gasteiger partial charge in [0.1, 0.15) is 11.5 Å². The summed E-state index contributed by atoms with van der Waals surface area (Å²) in [5.74, 6) is -0.125. The summed E-state index contributed by atoms with van der Waals surface area (Å²) in [4.78, 5) is 24.7. The zero-order valence-electron chi connectivity index (χ0n) is 19.6. The molecule has 3 aromatic rings. The molecule has 9 nitrogen and oxygen atoms in total. The number of aryl methyl sites for hydroxylation is 1. The van der Waals surface area contributed by atoms with E-state index in [4.69, 9.17) is 9.47 Å². The van der Waals surface area contributed by atoms with Gasteiger partial charge in [0.25, 0.3) is 21.8 Å². The predicted octanol–water partition coefficient (Wildman–Crippen LogP) is 3.42. The van der Waals surface area contributed by atoms with Gasteiger partial charge in [-0.25, -0.2) is 8.42 Å². The largest absolute Gasteiger partial charge is 0.494 e. The van der Waals surface area contributed by atoms with Crippen molar-refractivity contribution in [2.45, 2.75) is 31.8 Å². The molecule has 0 radical (unpaired) electrons. The number of sulfonamides is 1. The Labute approximate surface area is 204 Å². The van der Waals surface area contributed by atoms with Gasteiger partial charge in [0.2, 0.25) is 0 Å². The minimum Gasteiger partial charge on any atom is -0.494 e. The lowest BCUT2D eigenvalue weighted by atomic mass is 10.2. The van der Waals surface area contributed by atoms with Crippen molar-refractivity contribution in [2.75, 3.05) is 11.3 Å². The van der Waals surface area contributed by atoms with Gasteiger partial charge in [-0.15, -0.1) is 0 Å². The van der Waals surface area contributed by atoms with Crippen molar-refractivity contribution in [3.8, 4) is 11.5 Å². The van der Waals surface area contributed by atoms with Gasteiger partial charge in [-0.3, -0.25) is 25.2 Å². The molecular formula is C25H27N3O6S. The van der Waals surface area contributed by atoms with Crippen molar-refractivity contribution < 1.29 is 27.5 Å². The third kappa shape index (κ3) is 7.21. The Morgan fingerprint density at radius 1 is 0.914 bits per heavy atom. The van der Waals surface area contributed by atoms with E-state index in [0.29, 0.717) is 23.8 Å². The molecule has 0 aromatic heterocycles. The predicted molar refractivity (Wildman–Crippen MR) is 132 cm³/mol. The van der Waals surface area contributed by atoms with Crippen LogP contribution in [-0.4, -0.2) is 32.9 Å². The number of ether oxygens (including phenoxy) is 2. The van der Waals surface area contributed by atoms with E-state index in [-0.39, 0.29) is 10.5 Å². The highest BCUT2D eigenvalue weighted by atomic mass is 32.2. The van der Waals surface area contributed by atoms with E-state index < -0.39 is 27.9 Å². The molecule has 10 heteroatoms. The van der Waals surface area contributed by atoms with Crippen molar-refractivity contribution in [1.29, 1.82) is 0 Å². The quantitative estimate of drug-likeness (QED) is 0.389. The Morgan fingerprint density at radius 3 is 2.23 bits per heavy atom. The molecule has 3 aromatic carbocycles. The van der Waals surface area contributed by atoms with Gasteiger partial charge in [-0.2, -0.15) is 0 Å². The van der Waals surface area contributed by atoms with E-state index in [1.54, 1.807) is 48.5 Å².